The number of alkyl halides is 1. The van der Waals surface area contributed by atoms with Crippen LogP contribution in [0.3, 0.4) is 0 Å². The molecule has 0 aromatic rings. The van der Waals surface area contributed by atoms with E-state index in [-0.39, 0.29) is 6.54 Å². The Morgan fingerprint density at radius 3 is 2.39 bits per heavy atom. The molecule has 106 valence electrons. The van der Waals surface area contributed by atoms with Gasteiger partial charge < -0.3 is 4.74 Å². The van der Waals surface area contributed by atoms with Gasteiger partial charge in [0.25, 0.3) is 10.2 Å². The summed E-state index contributed by atoms with van der Waals surface area (Å²) in [6.45, 7) is 0.869. The summed E-state index contributed by atoms with van der Waals surface area (Å²) in [5.41, 5.74) is 0. The third-order valence-electron chi connectivity index (χ3n) is 2.81. The van der Waals surface area contributed by atoms with Crippen LogP contribution in [0.15, 0.2) is 0 Å². The van der Waals surface area contributed by atoms with Crippen molar-refractivity contribution >= 4 is 27.8 Å². The molecule has 1 atom stereocenters. The summed E-state index contributed by atoms with van der Waals surface area (Å²) < 4.78 is 32.1. The molecule has 1 rings (SSSR count). The lowest BCUT2D eigenvalue weighted by atomic mass is 10.2. The predicted octanol–water partition coefficient (Wildman–Crippen LogP) is 0.477. The molecule has 1 fully saturated rings. The van der Waals surface area contributed by atoms with Gasteiger partial charge in [0.05, 0.1) is 7.11 Å². The van der Waals surface area contributed by atoms with Gasteiger partial charge in [-0.25, -0.2) is 4.72 Å². The molecule has 1 aliphatic heterocycles. The SMILES string of the molecule is COC(=O)C(Cl)CNS(=O)(=O)N1CCCCCC1. The number of nitrogens with zero attached hydrogens (tertiary/aromatic N) is 1. The van der Waals surface area contributed by atoms with E-state index in [1.807, 2.05) is 0 Å². The molecular formula is C10H19ClN2O4S. The van der Waals surface area contributed by atoms with Crippen LogP contribution in [0.1, 0.15) is 25.7 Å². The Hall–Kier alpha value is -0.370. The lowest BCUT2D eigenvalue weighted by molar-refractivity contribution is -0.140. The van der Waals surface area contributed by atoms with Crippen LogP contribution >= 0.6 is 11.6 Å². The van der Waals surface area contributed by atoms with Crippen molar-refractivity contribution in [1.82, 2.24) is 9.03 Å². The summed E-state index contributed by atoms with van der Waals surface area (Å²) in [4.78, 5) is 11.1. The number of nitrogens with one attached hydrogen (secondary N) is 1. The van der Waals surface area contributed by atoms with Crippen molar-refractivity contribution in [2.24, 2.45) is 0 Å². The van der Waals surface area contributed by atoms with Crippen LogP contribution in [0, 0.1) is 0 Å². The standard InChI is InChI=1S/C10H19ClN2O4S/c1-17-10(14)9(11)8-12-18(15,16)13-6-4-2-3-5-7-13/h9,12H,2-8H2,1H3. The fourth-order valence-electron chi connectivity index (χ4n) is 1.76. The molecule has 1 N–H and O–H groups in total. The summed E-state index contributed by atoms with van der Waals surface area (Å²) in [5.74, 6) is -0.643. The van der Waals surface area contributed by atoms with E-state index in [9.17, 15) is 13.2 Å². The number of rotatable bonds is 5. The smallest absolute Gasteiger partial charge is 0.325 e. The van der Waals surface area contributed by atoms with Gasteiger partial charge in [-0.15, -0.1) is 11.6 Å². The molecule has 6 nitrogen and oxygen atoms in total. The van der Waals surface area contributed by atoms with Crippen LogP contribution in [0.5, 0.6) is 0 Å². The normalized spacial score (nSPS) is 20.1. The minimum atomic E-state index is -3.55. The first-order chi connectivity index (χ1) is 8.47. The summed E-state index contributed by atoms with van der Waals surface area (Å²) in [6, 6.07) is 0. The molecule has 0 aromatic heterocycles. The molecule has 18 heavy (non-hydrogen) atoms. The molecule has 0 amide bonds. The van der Waals surface area contributed by atoms with E-state index in [0.717, 1.165) is 25.7 Å². The average molecular weight is 299 g/mol. The van der Waals surface area contributed by atoms with E-state index in [0.29, 0.717) is 13.1 Å². The van der Waals surface area contributed by atoms with Crippen molar-refractivity contribution in [3.8, 4) is 0 Å². The number of ether oxygens (including phenoxy) is 1. The lowest BCUT2D eigenvalue weighted by Gasteiger charge is -2.20. The van der Waals surface area contributed by atoms with Gasteiger partial charge in [-0.3, -0.25) is 4.79 Å². The third-order valence-corrected chi connectivity index (χ3v) is 4.72. The summed E-state index contributed by atoms with van der Waals surface area (Å²) in [6.07, 6.45) is 3.82. The number of hydrogen-bond acceptors (Lipinski definition) is 4. The quantitative estimate of drug-likeness (QED) is 0.591. The summed E-state index contributed by atoms with van der Waals surface area (Å²) >= 11 is 5.69. The van der Waals surface area contributed by atoms with E-state index in [2.05, 4.69) is 9.46 Å². The molecule has 1 heterocycles. The number of carbonyl (C=O) groups is 1. The maximum atomic E-state index is 12.0. The van der Waals surface area contributed by atoms with Gasteiger partial charge in [0, 0.05) is 19.6 Å². The summed E-state index contributed by atoms with van der Waals surface area (Å²) in [5, 5.41) is -1.00. The number of hydrogen-bond donors (Lipinski definition) is 1. The van der Waals surface area contributed by atoms with Crippen LogP contribution in [-0.4, -0.2) is 50.8 Å². The van der Waals surface area contributed by atoms with Gasteiger partial charge in [0.1, 0.15) is 5.38 Å². The zero-order chi connectivity index (χ0) is 13.6. The second kappa shape index (κ2) is 7.28. The highest BCUT2D eigenvalue weighted by Gasteiger charge is 2.25. The molecule has 0 bridgehead atoms. The van der Waals surface area contributed by atoms with Crippen LogP contribution < -0.4 is 4.72 Å². The topological polar surface area (TPSA) is 75.7 Å². The third kappa shape index (κ3) is 4.72. The molecule has 1 unspecified atom stereocenters. The number of halogens is 1. The average Bonchev–Trinajstić information content (AvgIpc) is 2.64. The number of esters is 1. The Morgan fingerprint density at radius 1 is 1.33 bits per heavy atom. The largest absolute Gasteiger partial charge is 0.468 e. The minimum Gasteiger partial charge on any atom is -0.468 e. The Balaban J connectivity index is 2.50. The molecule has 0 saturated carbocycles. The molecule has 0 aliphatic carbocycles. The highest BCUT2D eigenvalue weighted by molar-refractivity contribution is 7.87. The van der Waals surface area contributed by atoms with Crippen molar-refractivity contribution in [1.29, 1.82) is 0 Å². The monoisotopic (exact) mass is 298 g/mol. The first kappa shape index (κ1) is 15.7. The second-order valence-electron chi connectivity index (χ2n) is 4.16. The Labute approximate surface area is 113 Å². The minimum absolute atomic E-state index is 0.160. The Kier molecular flexibility index (Phi) is 6.34. The van der Waals surface area contributed by atoms with Gasteiger partial charge in [-0.2, -0.15) is 12.7 Å². The molecule has 1 aliphatic rings. The van der Waals surface area contributed by atoms with Crippen molar-refractivity contribution in [3.63, 3.8) is 0 Å². The van der Waals surface area contributed by atoms with Crippen LogP contribution in [0.25, 0.3) is 0 Å². The van der Waals surface area contributed by atoms with E-state index in [1.54, 1.807) is 0 Å². The van der Waals surface area contributed by atoms with Crippen LogP contribution in [0.2, 0.25) is 0 Å². The van der Waals surface area contributed by atoms with Crippen molar-refractivity contribution in [2.75, 3.05) is 26.7 Å². The highest BCUT2D eigenvalue weighted by Crippen LogP contribution is 2.12. The lowest BCUT2D eigenvalue weighted by Crippen LogP contribution is -2.44. The predicted molar refractivity (Wildman–Crippen MR) is 68.6 cm³/mol. The zero-order valence-corrected chi connectivity index (χ0v) is 12.0. The Bertz CT molecular complexity index is 366. The van der Waals surface area contributed by atoms with Crippen LogP contribution in [-0.2, 0) is 19.7 Å². The van der Waals surface area contributed by atoms with Gasteiger partial charge in [0.2, 0.25) is 0 Å². The fourth-order valence-corrected chi connectivity index (χ4v) is 3.32. The van der Waals surface area contributed by atoms with Crippen LogP contribution in [0.4, 0.5) is 0 Å². The van der Waals surface area contributed by atoms with E-state index < -0.39 is 21.6 Å². The van der Waals surface area contributed by atoms with Crippen molar-refractivity contribution in [3.05, 3.63) is 0 Å². The van der Waals surface area contributed by atoms with E-state index >= 15 is 0 Å². The van der Waals surface area contributed by atoms with Crippen molar-refractivity contribution < 1.29 is 17.9 Å². The second-order valence-corrected chi connectivity index (χ2v) is 6.44. The zero-order valence-electron chi connectivity index (χ0n) is 10.4. The van der Waals surface area contributed by atoms with E-state index in [1.165, 1.54) is 11.4 Å². The molecule has 1 saturated heterocycles. The van der Waals surface area contributed by atoms with Gasteiger partial charge in [-0.1, -0.05) is 12.8 Å². The van der Waals surface area contributed by atoms with Gasteiger partial charge >= 0.3 is 5.97 Å². The van der Waals surface area contributed by atoms with Crippen molar-refractivity contribution in [2.45, 2.75) is 31.1 Å². The highest BCUT2D eigenvalue weighted by atomic mass is 35.5. The summed E-state index contributed by atoms with van der Waals surface area (Å²) in [7, 11) is -2.34. The number of methoxy groups -OCH3 is 1. The first-order valence-corrected chi connectivity index (χ1v) is 7.81. The maximum Gasteiger partial charge on any atom is 0.325 e. The van der Waals surface area contributed by atoms with Gasteiger partial charge in [-0.05, 0) is 12.8 Å². The number of carbonyl (C=O) groups excluding carboxylic acids is 1. The van der Waals surface area contributed by atoms with Gasteiger partial charge in [0.15, 0.2) is 0 Å². The maximum absolute atomic E-state index is 12.0. The first-order valence-electron chi connectivity index (χ1n) is 5.94. The van der Waals surface area contributed by atoms with E-state index in [4.69, 9.17) is 11.6 Å². The molecule has 8 heteroatoms. The molecule has 0 spiro atoms. The Morgan fingerprint density at radius 2 is 1.89 bits per heavy atom. The fraction of sp³-hybridized carbons (Fsp3) is 0.900. The molecule has 0 radical (unpaired) electrons. The molecular weight excluding hydrogens is 280 g/mol. The molecule has 0 aromatic carbocycles.